The van der Waals surface area contributed by atoms with E-state index in [0.717, 1.165) is 30.4 Å². The zero-order chi connectivity index (χ0) is 15.9. The monoisotopic (exact) mass is 422 g/mol. The van der Waals surface area contributed by atoms with E-state index in [4.69, 9.17) is 4.52 Å². The molecule has 1 rings (SSSR count). The topological polar surface area (TPSA) is 62.5 Å². The van der Waals surface area contributed by atoms with Crippen molar-refractivity contribution in [1.29, 1.82) is 0 Å². The largest absolute Gasteiger partial charge is 0.359 e. The van der Waals surface area contributed by atoms with Gasteiger partial charge in [-0.1, -0.05) is 39.8 Å². The minimum Gasteiger partial charge on any atom is -0.359 e. The zero-order valence-corrected chi connectivity index (χ0v) is 17.0. The number of aromatic nitrogens is 1. The van der Waals surface area contributed by atoms with E-state index in [9.17, 15) is 0 Å². The van der Waals surface area contributed by atoms with E-state index >= 15 is 0 Å². The average Bonchev–Trinajstić information content (AvgIpc) is 2.85. The number of rotatable bonds is 6. The summed E-state index contributed by atoms with van der Waals surface area (Å²) in [4.78, 5) is 4.21. The summed E-state index contributed by atoms with van der Waals surface area (Å²) in [6.45, 7) is 12.5. The van der Waals surface area contributed by atoms with Gasteiger partial charge in [0, 0.05) is 19.7 Å². The van der Waals surface area contributed by atoms with Gasteiger partial charge in [0.1, 0.15) is 0 Å². The van der Waals surface area contributed by atoms with Crippen LogP contribution >= 0.6 is 24.0 Å². The number of nitrogens with one attached hydrogen (secondary N) is 2. The van der Waals surface area contributed by atoms with E-state index in [2.05, 4.69) is 55.4 Å². The van der Waals surface area contributed by atoms with Gasteiger partial charge in [0.15, 0.2) is 11.7 Å². The van der Waals surface area contributed by atoms with Crippen molar-refractivity contribution >= 4 is 29.9 Å². The Bertz CT molecular complexity index is 449. The number of hydrogen-bond acceptors (Lipinski definition) is 3. The molecule has 0 bridgehead atoms. The molecule has 0 saturated carbocycles. The second-order valence-corrected chi connectivity index (χ2v) is 6.89. The summed E-state index contributed by atoms with van der Waals surface area (Å²) in [6.07, 6.45) is 2.32. The minimum atomic E-state index is 0. The Hall–Kier alpha value is -0.790. The molecule has 0 fully saturated rings. The molecule has 1 aromatic rings. The summed E-state index contributed by atoms with van der Waals surface area (Å²) in [5.41, 5.74) is 1.37. The van der Waals surface area contributed by atoms with E-state index in [-0.39, 0.29) is 24.0 Å². The lowest BCUT2D eigenvalue weighted by Crippen LogP contribution is -2.37. The smallest absolute Gasteiger partial charge is 0.191 e. The van der Waals surface area contributed by atoms with Crippen LogP contribution in [0.25, 0.3) is 0 Å². The van der Waals surface area contributed by atoms with Crippen LogP contribution in [0.3, 0.4) is 0 Å². The highest BCUT2D eigenvalue weighted by atomic mass is 127. The van der Waals surface area contributed by atoms with Gasteiger partial charge in [0.25, 0.3) is 0 Å². The van der Waals surface area contributed by atoms with Crippen molar-refractivity contribution in [2.75, 3.05) is 13.6 Å². The molecular formula is C16H31IN4O. The molecule has 1 heterocycles. The number of halogens is 1. The third-order valence-corrected chi connectivity index (χ3v) is 3.22. The Morgan fingerprint density at radius 3 is 2.50 bits per heavy atom. The fourth-order valence-electron chi connectivity index (χ4n) is 1.90. The molecule has 0 unspecified atom stereocenters. The van der Waals surface area contributed by atoms with Crippen molar-refractivity contribution in [1.82, 2.24) is 15.8 Å². The van der Waals surface area contributed by atoms with E-state index in [0.29, 0.717) is 17.9 Å². The number of guanidine groups is 1. The third-order valence-electron chi connectivity index (χ3n) is 3.22. The van der Waals surface area contributed by atoms with Crippen LogP contribution in [-0.2, 0) is 6.54 Å². The van der Waals surface area contributed by atoms with Crippen LogP contribution in [0.5, 0.6) is 0 Å². The summed E-state index contributed by atoms with van der Waals surface area (Å²) in [5.74, 6) is 2.01. The third kappa shape index (κ3) is 8.60. The lowest BCUT2D eigenvalue weighted by Gasteiger charge is -2.18. The zero-order valence-electron chi connectivity index (χ0n) is 14.7. The first kappa shape index (κ1) is 21.2. The highest BCUT2D eigenvalue weighted by molar-refractivity contribution is 14.0. The predicted molar refractivity (Wildman–Crippen MR) is 103 cm³/mol. The molecule has 2 N–H and O–H groups in total. The lowest BCUT2D eigenvalue weighted by atomic mass is 9.91. The molecule has 5 nitrogen and oxygen atoms in total. The maximum absolute atomic E-state index is 5.30. The van der Waals surface area contributed by atoms with Gasteiger partial charge in [-0.25, -0.2) is 0 Å². The second-order valence-electron chi connectivity index (χ2n) is 6.89. The number of nitrogens with zero attached hydrogens (tertiary/aromatic N) is 2. The van der Waals surface area contributed by atoms with Gasteiger partial charge in [0.2, 0.25) is 0 Å². The van der Waals surface area contributed by atoms with Crippen molar-refractivity contribution < 1.29 is 4.52 Å². The molecule has 128 valence electrons. The van der Waals surface area contributed by atoms with Crippen molar-refractivity contribution in [3.05, 3.63) is 17.5 Å². The van der Waals surface area contributed by atoms with Gasteiger partial charge in [-0.3, -0.25) is 4.99 Å². The lowest BCUT2D eigenvalue weighted by molar-refractivity contribution is 0.364. The predicted octanol–water partition coefficient (Wildman–Crippen LogP) is 3.91. The first-order chi connectivity index (χ1) is 9.81. The van der Waals surface area contributed by atoms with Crippen LogP contribution in [0.2, 0.25) is 0 Å². The van der Waals surface area contributed by atoms with E-state index in [1.165, 1.54) is 6.42 Å². The molecule has 0 saturated heterocycles. The van der Waals surface area contributed by atoms with Crippen LogP contribution in [-0.4, -0.2) is 24.7 Å². The van der Waals surface area contributed by atoms with Crippen LogP contribution < -0.4 is 10.6 Å². The molecule has 1 aromatic heterocycles. The van der Waals surface area contributed by atoms with Gasteiger partial charge in [-0.2, -0.15) is 0 Å². The van der Waals surface area contributed by atoms with Gasteiger partial charge < -0.3 is 15.2 Å². The maximum Gasteiger partial charge on any atom is 0.191 e. The van der Waals surface area contributed by atoms with Gasteiger partial charge in [-0.05, 0) is 24.2 Å². The second kappa shape index (κ2) is 10.1. The molecule has 0 aromatic carbocycles. The molecule has 0 atom stereocenters. The summed E-state index contributed by atoms with van der Waals surface area (Å²) in [7, 11) is 1.78. The fourth-order valence-corrected chi connectivity index (χ4v) is 1.90. The Kier molecular flexibility index (Phi) is 9.71. The minimum absolute atomic E-state index is 0. The average molecular weight is 422 g/mol. The Labute approximate surface area is 151 Å². The molecule has 0 radical (unpaired) electrons. The van der Waals surface area contributed by atoms with Gasteiger partial charge in [-0.15, -0.1) is 24.0 Å². The van der Waals surface area contributed by atoms with Crippen LogP contribution in [0.1, 0.15) is 64.8 Å². The van der Waals surface area contributed by atoms with Crippen molar-refractivity contribution in [3.8, 4) is 0 Å². The van der Waals surface area contributed by atoms with E-state index in [1.807, 2.05) is 6.07 Å². The molecule has 22 heavy (non-hydrogen) atoms. The standard InChI is InChI=1S/C16H30N4O.HI/c1-12(2)14-10-13(21-20-14)11-19-15(17-6)18-9-7-8-16(3,4)5;/h10,12H,7-9,11H2,1-6H3,(H2,17,18,19);1H. The van der Waals surface area contributed by atoms with E-state index < -0.39 is 0 Å². The Morgan fingerprint density at radius 1 is 1.32 bits per heavy atom. The van der Waals surface area contributed by atoms with Crippen LogP contribution in [0.15, 0.2) is 15.6 Å². The van der Waals surface area contributed by atoms with Crippen molar-refractivity contribution in [2.24, 2.45) is 10.4 Å². The molecule has 6 heteroatoms. The summed E-state index contributed by atoms with van der Waals surface area (Å²) in [6, 6.07) is 1.99. The van der Waals surface area contributed by atoms with Crippen molar-refractivity contribution in [2.45, 2.75) is 59.9 Å². The fraction of sp³-hybridized carbons (Fsp3) is 0.750. The Balaban J connectivity index is 0.00000441. The van der Waals surface area contributed by atoms with Crippen molar-refractivity contribution in [3.63, 3.8) is 0 Å². The molecule has 0 aliphatic rings. The molecular weight excluding hydrogens is 391 g/mol. The first-order valence-corrected chi connectivity index (χ1v) is 7.72. The molecule has 0 aliphatic heterocycles. The first-order valence-electron chi connectivity index (χ1n) is 7.72. The normalized spacial score (nSPS) is 12.2. The molecule has 0 amide bonds. The quantitative estimate of drug-likeness (QED) is 0.316. The number of hydrogen-bond donors (Lipinski definition) is 2. The van der Waals surface area contributed by atoms with Gasteiger partial charge >= 0.3 is 0 Å². The summed E-state index contributed by atoms with van der Waals surface area (Å²) < 4.78 is 5.30. The highest BCUT2D eigenvalue weighted by Gasteiger charge is 2.10. The summed E-state index contributed by atoms with van der Waals surface area (Å²) >= 11 is 0. The van der Waals surface area contributed by atoms with Crippen LogP contribution in [0, 0.1) is 5.41 Å². The summed E-state index contributed by atoms with van der Waals surface area (Å²) in [5, 5.41) is 10.6. The van der Waals surface area contributed by atoms with E-state index in [1.54, 1.807) is 7.05 Å². The molecule has 0 aliphatic carbocycles. The Morgan fingerprint density at radius 2 is 2.00 bits per heavy atom. The maximum atomic E-state index is 5.30. The number of aliphatic imine (C=N–C) groups is 1. The van der Waals surface area contributed by atoms with Gasteiger partial charge in [0.05, 0.1) is 12.2 Å². The van der Waals surface area contributed by atoms with Crippen LogP contribution in [0.4, 0.5) is 0 Å². The SMILES string of the molecule is CN=C(NCCCC(C)(C)C)NCc1cc(C(C)C)no1.I. The molecule has 0 spiro atoms. The highest BCUT2D eigenvalue weighted by Crippen LogP contribution is 2.19.